The molecule has 1 aromatic carbocycles. The fraction of sp³-hybridized carbons (Fsp3) is 0.300. The van der Waals surface area contributed by atoms with Gasteiger partial charge in [-0.2, -0.15) is 0 Å². The minimum atomic E-state index is -1.33. The van der Waals surface area contributed by atoms with Gasteiger partial charge in [-0.1, -0.05) is 6.58 Å². The summed E-state index contributed by atoms with van der Waals surface area (Å²) >= 11 is 1.53. The summed E-state index contributed by atoms with van der Waals surface area (Å²) in [5.41, 5.74) is 0.602. The Morgan fingerprint density at radius 2 is 2.28 bits per heavy atom. The van der Waals surface area contributed by atoms with Gasteiger partial charge in [-0.05, 0) is 43.3 Å². The molecule has 25 heavy (non-hydrogen) atoms. The van der Waals surface area contributed by atoms with Gasteiger partial charge in [-0.3, -0.25) is 4.79 Å². The van der Waals surface area contributed by atoms with Gasteiger partial charge >= 0.3 is 0 Å². The van der Waals surface area contributed by atoms with Crippen molar-refractivity contribution in [3.63, 3.8) is 0 Å². The summed E-state index contributed by atoms with van der Waals surface area (Å²) in [5.74, 6) is 0.398. The molecule has 0 saturated heterocycles. The smallest absolute Gasteiger partial charge is 0.156 e. The van der Waals surface area contributed by atoms with Crippen LogP contribution in [0.2, 0.25) is 0 Å². The number of benzene rings is 1. The number of nitrogens with zero attached hydrogens (tertiary/aromatic N) is 1. The van der Waals surface area contributed by atoms with Gasteiger partial charge in [-0.15, -0.1) is 11.8 Å². The zero-order valence-electron chi connectivity index (χ0n) is 14.2. The van der Waals surface area contributed by atoms with Gasteiger partial charge < -0.3 is 9.67 Å². The number of halogens is 1. The molecule has 2 unspecified atom stereocenters. The van der Waals surface area contributed by atoms with Crippen LogP contribution in [0.4, 0.5) is 4.39 Å². The Morgan fingerprint density at radius 1 is 1.52 bits per heavy atom. The lowest BCUT2D eigenvalue weighted by Crippen LogP contribution is -2.41. The minimum absolute atomic E-state index is 0.00438. The largest absolute Gasteiger partial charge is 0.378 e. The highest BCUT2D eigenvalue weighted by molar-refractivity contribution is 8.00. The number of carbonyl (C=O) groups is 1. The zero-order valence-corrected chi connectivity index (χ0v) is 15.0. The molecule has 1 aromatic heterocycles. The van der Waals surface area contributed by atoms with Crippen molar-refractivity contribution in [3.8, 4) is 0 Å². The number of fused-ring (bicyclic) bond motifs is 1. The molecule has 0 radical (unpaired) electrons. The Balaban J connectivity index is 2.21. The summed E-state index contributed by atoms with van der Waals surface area (Å²) in [4.78, 5) is 11.9. The summed E-state index contributed by atoms with van der Waals surface area (Å²) in [6.07, 6.45) is 3.96. The molecule has 0 saturated carbocycles. The van der Waals surface area contributed by atoms with E-state index in [4.69, 9.17) is 0 Å². The van der Waals surface area contributed by atoms with Crippen LogP contribution in [0.1, 0.15) is 25.5 Å². The maximum absolute atomic E-state index is 13.7. The second-order valence-electron chi connectivity index (χ2n) is 6.35. The molecular formula is C20H21FNO2S+. The quantitative estimate of drug-likeness (QED) is 0.810. The van der Waals surface area contributed by atoms with E-state index in [1.54, 1.807) is 16.7 Å². The molecule has 0 amide bonds. The topological polar surface area (TPSA) is 42.2 Å². The van der Waals surface area contributed by atoms with E-state index in [2.05, 4.69) is 13.5 Å². The fourth-order valence-corrected chi connectivity index (χ4v) is 4.46. The average molecular weight is 358 g/mol. The Morgan fingerprint density at radius 3 is 2.96 bits per heavy atom. The minimum Gasteiger partial charge on any atom is -0.378 e. The number of aliphatic hydroxyl groups is 1. The Hall–Kier alpha value is -1.98. The van der Waals surface area contributed by atoms with Gasteiger partial charge in [0.05, 0.1) is 29.8 Å². The van der Waals surface area contributed by atoms with Crippen molar-refractivity contribution in [1.82, 2.24) is 4.57 Å². The summed E-state index contributed by atoms with van der Waals surface area (Å²) in [5, 5.41) is 12.0. The lowest BCUT2D eigenvalue weighted by atomic mass is 9.86. The van der Waals surface area contributed by atoms with Crippen molar-refractivity contribution in [2.24, 2.45) is 0 Å². The molecule has 1 N–H and O–H groups in total. The Labute approximate surface area is 151 Å². The maximum atomic E-state index is 13.7. The highest BCUT2D eigenvalue weighted by atomic mass is 32.2. The van der Waals surface area contributed by atoms with E-state index in [-0.39, 0.29) is 23.3 Å². The first-order valence-corrected chi connectivity index (χ1v) is 9.24. The number of rotatable bonds is 5. The molecule has 130 valence electrons. The molecule has 2 atom stereocenters. The zero-order chi connectivity index (χ0) is 18.2. The third-order valence-corrected chi connectivity index (χ3v) is 5.88. The van der Waals surface area contributed by atoms with E-state index in [0.717, 1.165) is 11.1 Å². The monoisotopic (exact) mass is 358 g/mol. The van der Waals surface area contributed by atoms with E-state index < -0.39 is 5.60 Å². The summed E-state index contributed by atoms with van der Waals surface area (Å²) in [6.45, 7) is 9.63. The second-order valence-corrected chi connectivity index (χ2v) is 7.66. The molecular weight excluding hydrogens is 337 g/mol. The van der Waals surface area contributed by atoms with Crippen LogP contribution in [0.3, 0.4) is 0 Å². The van der Waals surface area contributed by atoms with Gasteiger partial charge in [0.25, 0.3) is 0 Å². The van der Waals surface area contributed by atoms with Crippen LogP contribution < -0.4 is 0 Å². The van der Waals surface area contributed by atoms with Crippen molar-refractivity contribution in [2.45, 2.75) is 30.6 Å². The number of hydrogen-bond donors (Lipinski definition) is 1. The lowest BCUT2D eigenvalue weighted by molar-refractivity contribution is -0.116. The number of aromatic nitrogens is 1. The van der Waals surface area contributed by atoms with Gasteiger partial charge in [0.15, 0.2) is 5.78 Å². The highest BCUT2D eigenvalue weighted by Gasteiger charge is 2.43. The van der Waals surface area contributed by atoms with Crippen molar-refractivity contribution < 1.29 is 14.3 Å². The lowest BCUT2D eigenvalue weighted by Gasteiger charge is -2.36. The van der Waals surface area contributed by atoms with Crippen molar-refractivity contribution in [3.05, 3.63) is 61.4 Å². The molecule has 5 heteroatoms. The van der Waals surface area contributed by atoms with Gasteiger partial charge in [0.2, 0.25) is 0 Å². The predicted octanol–water partition coefficient (Wildman–Crippen LogP) is 4.31. The highest BCUT2D eigenvalue weighted by Crippen LogP contribution is 2.42. The SMILES string of the molecule is C=C(C)n1c(C2(O)C=CC(=O)CC2SCC[CH2+])cc2ccc(F)cc21. The van der Waals surface area contributed by atoms with Crippen LogP contribution in [-0.2, 0) is 10.4 Å². The van der Waals surface area contributed by atoms with Gasteiger partial charge in [-0.25, -0.2) is 4.39 Å². The van der Waals surface area contributed by atoms with E-state index in [9.17, 15) is 14.3 Å². The van der Waals surface area contributed by atoms with E-state index in [1.807, 2.05) is 13.0 Å². The Bertz CT molecular complexity index is 870. The molecule has 1 aliphatic carbocycles. The normalized spacial score (nSPS) is 23.3. The first-order valence-electron chi connectivity index (χ1n) is 8.19. The van der Waals surface area contributed by atoms with Gasteiger partial charge in [0.1, 0.15) is 11.4 Å². The number of allylic oxidation sites excluding steroid dienone is 2. The van der Waals surface area contributed by atoms with E-state index in [0.29, 0.717) is 23.3 Å². The molecule has 3 nitrogen and oxygen atoms in total. The standard InChI is InChI=1S/C20H21FNO2S/c1-4-9-25-19-12-16(23)7-8-20(19,24)18-10-14-5-6-15(21)11-17(14)22(18)13(2)3/h5-8,10-11,19,24H,1-2,4,9,12H2,3H3/q+1. The van der Waals surface area contributed by atoms with Crippen molar-refractivity contribution in [2.75, 3.05) is 5.75 Å². The molecule has 0 aliphatic heterocycles. The summed E-state index contributed by atoms with van der Waals surface area (Å²) < 4.78 is 15.5. The molecule has 0 bridgehead atoms. The number of hydrogen-bond acceptors (Lipinski definition) is 3. The number of carbonyl (C=O) groups excluding carboxylic acids is 1. The Kier molecular flexibility index (Phi) is 4.80. The van der Waals surface area contributed by atoms with Crippen molar-refractivity contribution in [1.29, 1.82) is 0 Å². The fourth-order valence-electron chi connectivity index (χ4n) is 3.28. The van der Waals surface area contributed by atoms with E-state index >= 15 is 0 Å². The van der Waals surface area contributed by atoms with Crippen LogP contribution >= 0.6 is 11.8 Å². The third-order valence-electron chi connectivity index (χ3n) is 4.42. The van der Waals surface area contributed by atoms with Crippen LogP contribution in [0, 0.1) is 12.7 Å². The van der Waals surface area contributed by atoms with Crippen LogP contribution in [0.15, 0.2) is 43.0 Å². The molecule has 2 aromatic rings. The first kappa shape index (κ1) is 17.8. The third kappa shape index (κ3) is 3.14. The molecule has 0 spiro atoms. The first-order chi connectivity index (χ1) is 11.9. The predicted molar refractivity (Wildman–Crippen MR) is 102 cm³/mol. The number of ketones is 1. The molecule has 0 fully saturated rings. The van der Waals surface area contributed by atoms with Crippen LogP contribution in [0.5, 0.6) is 0 Å². The molecule has 1 heterocycles. The van der Waals surface area contributed by atoms with Crippen LogP contribution in [-0.4, -0.2) is 26.5 Å². The summed E-state index contributed by atoms with van der Waals surface area (Å²) in [6, 6.07) is 6.37. The molecule has 3 rings (SSSR count). The molecule has 1 aliphatic rings. The summed E-state index contributed by atoms with van der Waals surface area (Å²) in [7, 11) is 0. The van der Waals surface area contributed by atoms with Crippen LogP contribution in [0.25, 0.3) is 16.6 Å². The average Bonchev–Trinajstić information content (AvgIpc) is 2.95. The maximum Gasteiger partial charge on any atom is 0.156 e. The second kappa shape index (κ2) is 6.73. The van der Waals surface area contributed by atoms with Crippen molar-refractivity contribution >= 4 is 34.1 Å². The van der Waals surface area contributed by atoms with Gasteiger partial charge in [0, 0.05) is 23.3 Å². The van der Waals surface area contributed by atoms with E-state index in [1.165, 1.54) is 30.0 Å². The number of thioether (sulfide) groups is 1.